The number of aromatic nitrogens is 3. The quantitative estimate of drug-likeness (QED) is 0.838. The van der Waals surface area contributed by atoms with E-state index in [0.29, 0.717) is 23.3 Å². The number of nitrogens with zero attached hydrogens (tertiary/aromatic N) is 3. The molecule has 0 spiro atoms. The van der Waals surface area contributed by atoms with Crippen LogP contribution in [-0.2, 0) is 9.53 Å². The minimum absolute atomic E-state index is 0.210. The maximum absolute atomic E-state index is 12.4. The number of benzene rings is 1. The number of carbonyl (C=O) groups is 1. The van der Waals surface area contributed by atoms with Crippen LogP contribution in [-0.4, -0.2) is 39.5 Å². The molecular formula is C15H16N4O4S. The Labute approximate surface area is 142 Å². The maximum atomic E-state index is 12.4. The molecule has 0 amide bonds. The molecule has 2 atom stereocenters. The summed E-state index contributed by atoms with van der Waals surface area (Å²) < 4.78 is 17.8. The van der Waals surface area contributed by atoms with E-state index in [-0.39, 0.29) is 18.8 Å². The van der Waals surface area contributed by atoms with E-state index in [1.807, 2.05) is 25.1 Å². The van der Waals surface area contributed by atoms with Crippen LogP contribution < -0.4 is 14.9 Å². The molecule has 3 heterocycles. The molecule has 9 heteroatoms. The zero-order valence-corrected chi connectivity index (χ0v) is 14.0. The highest BCUT2D eigenvalue weighted by Gasteiger charge is 2.38. The number of carbonyl (C=O) groups excluding carboxylic acids is 1. The summed E-state index contributed by atoms with van der Waals surface area (Å²) in [6.07, 6.45) is 0. The van der Waals surface area contributed by atoms with E-state index in [2.05, 4.69) is 15.6 Å². The molecule has 1 aromatic heterocycles. The SMILES string of the molecule is CCOC(=O)C1Sc2nnc(C)n2NC1c1ccc2c(c1)OCO2. The van der Waals surface area contributed by atoms with E-state index in [1.54, 1.807) is 11.6 Å². The predicted octanol–water partition coefficient (Wildman–Crippen LogP) is 1.64. The van der Waals surface area contributed by atoms with Crippen LogP contribution in [0.4, 0.5) is 0 Å². The van der Waals surface area contributed by atoms with Gasteiger partial charge in [0.25, 0.3) is 0 Å². The lowest BCUT2D eigenvalue weighted by Crippen LogP contribution is -2.39. The Bertz CT molecular complexity index is 794. The van der Waals surface area contributed by atoms with Crippen molar-refractivity contribution in [1.82, 2.24) is 14.9 Å². The largest absolute Gasteiger partial charge is 0.465 e. The van der Waals surface area contributed by atoms with E-state index in [1.165, 1.54) is 11.8 Å². The summed E-state index contributed by atoms with van der Waals surface area (Å²) in [5.41, 5.74) is 4.22. The van der Waals surface area contributed by atoms with Crippen molar-refractivity contribution in [1.29, 1.82) is 0 Å². The Hall–Kier alpha value is -2.42. The van der Waals surface area contributed by atoms with Crippen molar-refractivity contribution in [2.24, 2.45) is 0 Å². The fraction of sp³-hybridized carbons (Fsp3) is 0.400. The van der Waals surface area contributed by atoms with Gasteiger partial charge in [0, 0.05) is 0 Å². The average molecular weight is 348 g/mol. The molecule has 2 unspecified atom stereocenters. The van der Waals surface area contributed by atoms with E-state index in [9.17, 15) is 4.79 Å². The molecule has 0 bridgehead atoms. The second-order valence-electron chi connectivity index (χ2n) is 5.38. The maximum Gasteiger partial charge on any atom is 0.322 e. The Balaban J connectivity index is 1.72. The molecule has 126 valence electrons. The average Bonchev–Trinajstić information content (AvgIpc) is 3.20. The van der Waals surface area contributed by atoms with Gasteiger partial charge >= 0.3 is 5.97 Å². The molecule has 2 aromatic rings. The number of hydrogen-bond donors (Lipinski definition) is 1. The van der Waals surface area contributed by atoms with Crippen LogP contribution in [0.2, 0.25) is 0 Å². The van der Waals surface area contributed by atoms with Crippen LogP contribution >= 0.6 is 11.8 Å². The summed E-state index contributed by atoms with van der Waals surface area (Å²) in [7, 11) is 0. The Morgan fingerprint density at radius 2 is 2.25 bits per heavy atom. The molecule has 0 fully saturated rings. The monoisotopic (exact) mass is 348 g/mol. The van der Waals surface area contributed by atoms with E-state index < -0.39 is 5.25 Å². The molecule has 0 radical (unpaired) electrons. The molecule has 0 aliphatic carbocycles. The third-order valence-electron chi connectivity index (χ3n) is 3.87. The Morgan fingerprint density at radius 3 is 3.08 bits per heavy atom. The van der Waals surface area contributed by atoms with Gasteiger partial charge in [-0.15, -0.1) is 10.2 Å². The number of nitrogens with one attached hydrogen (secondary N) is 1. The molecule has 4 rings (SSSR count). The highest BCUT2D eigenvalue weighted by Crippen LogP contribution is 2.41. The molecule has 24 heavy (non-hydrogen) atoms. The lowest BCUT2D eigenvalue weighted by molar-refractivity contribution is -0.142. The fourth-order valence-corrected chi connectivity index (χ4v) is 3.84. The summed E-state index contributed by atoms with van der Waals surface area (Å²) in [5.74, 6) is 1.82. The van der Waals surface area contributed by atoms with Gasteiger partial charge in [0.2, 0.25) is 11.9 Å². The van der Waals surface area contributed by atoms with Crippen LogP contribution in [0.15, 0.2) is 23.4 Å². The second-order valence-corrected chi connectivity index (χ2v) is 6.48. The van der Waals surface area contributed by atoms with Crippen molar-refractivity contribution in [3.63, 3.8) is 0 Å². The van der Waals surface area contributed by atoms with Crippen molar-refractivity contribution in [3.05, 3.63) is 29.6 Å². The van der Waals surface area contributed by atoms with Gasteiger partial charge in [-0.1, -0.05) is 17.8 Å². The van der Waals surface area contributed by atoms with Crippen molar-refractivity contribution in [2.45, 2.75) is 30.3 Å². The third-order valence-corrected chi connectivity index (χ3v) is 5.07. The molecule has 1 N–H and O–H groups in total. The molecule has 8 nitrogen and oxygen atoms in total. The minimum atomic E-state index is -0.471. The number of rotatable bonds is 3. The van der Waals surface area contributed by atoms with Crippen LogP contribution in [0.1, 0.15) is 24.4 Å². The van der Waals surface area contributed by atoms with Crippen LogP contribution in [0, 0.1) is 6.92 Å². The highest BCUT2D eigenvalue weighted by molar-refractivity contribution is 8.00. The van der Waals surface area contributed by atoms with Crippen LogP contribution in [0.3, 0.4) is 0 Å². The number of ether oxygens (including phenoxy) is 3. The molecular weight excluding hydrogens is 332 g/mol. The lowest BCUT2D eigenvalue weighted by atomic mass is 10.0. The van der Waals surface area contributed by atoms with Gasteiger partial charge in [-0.2, -0.15) is 0 Å². The Kier molecular flexibility index (Phi) is 3.72. The zero-order valence-electron chi connectivity index (χ0n) is 13.2. The molecule has 1 aromatic carbocycles. The number of aryl methyl sites for hydroxylation is 1. The van der Waals surface area contributed by atoms with Crippen molar-refractivity contribution < 1.29 is 19.0 Å². The third kappa shape index (κ3) is 2.44. The number of fused-ring (bicyclic) bond motifs is 2. The van der Waals surface area contributed by atoms with Crippen molar-refractivity contribution in [2.75, 3.05) is 18.8 Å². The van der Waals surface area contributed by atoms with Gasteiger partial charge in [-0.05, 0) is 31.5 Å². The van der Waals surface area contributed by atoms with E-state index in [0.717, 1.165) is 11.4 Å². The molecule has 0 saturated heterocycles. The van der Waals surface area contributed by atoms with Gasteiger partial charge in [0.05, 0.1) is 12.6 Å². The van der Waals surface area contributed by atoms with Gasteiger partial charge in [-0.25, -0.2) is 4.68 Å². The predicted molar refractivity (Wildman–Crippen MR) is 85.7 cm³/mol. The summed E-state index contributed by atoms with van der Waals surface area (Å²) in [6, 6.07) is 5.35. The zero-order chi connectivity index (χ0) is 16.7. The smallest absolute Gasteiger partial charge is 0.322 e. The van der Waals surface area contributed by atoms with Crippen molar-refractivity contribution >= 4 is 17.7 Å². The molecule has 0 saturated carbocycles. The van der Waals surface area contributed by atoms with Crippen molar-refractivity contribution in [3.8, 4) is 11.5 Å². The summed E-state index contributed by atoms with van der Waals surface area (Å²) in [5, 5.41) is 8.32. The summed E-state index contributed by atoms with van der Waals surface area (Å²) >= 11 is 1.34. The molecule has 2 aliphatic rings. The summed E-state index contributed by atoms with van der Waals surface area (Å²) in [6.45, 7) is 4.18. The Morgan fingerprint density at radius 1 is 1.42 bits per heavy atom. The van der Waals surface area contributed by atoms with E-state index >= 15 is 0 Å². The first-order valence-corrected chi connectivity index (χ1v) is 8.46. The minimum Gasteiger partial charge on any atom is -0.465 e. The van der Waals surface area contributed by atoms with Crippen LogP contribution in [0.25, 0.3) is 0 Å². The molecule has 2 aliphatic heterocycles. The topological polar surface area (TPSA) is 87.5 Å². The normalized spacial score (nSPS) is 21.1. The standard InChI is InChI=1S/C15H16N4O4S/c1-3-21-14(20)13-12(18-19-8(2)16-17-15(19)24-13)9-4-5-10-11(6-9)23-7-22-10/h4-6,12-13,18H,3,7H2,1-2H3. The number of hydrogen-bond acceptors (Lipinski definition) is 8. The van der Waals surface area contributed by atoms with Gasteiger partial charge < -0.3 is 19.6 Å². The first-order valence-electron chi connectivity index (χ1n) is 7.58. The van der Waals surface area contributed by atoms with Gasteiger partial charge in [-0.3, -0.25) is 4.79 Å². The fourth-order valence-electron chi connectivity index (χ4n) is 2.72. The van der Waals surface area contributed by atoms with E-state index in [4.69, 9.17) is 14.2 Å². The van der Waals surface area contributed by atoms with Crippen LogP contribution in [0.5, 0.6) is 11.5 Å². The number of esters is 1. The summed E-state index contributed by atoms with van der Waals surface area (Å²) in [4.78, 5) is 12.4. The first kappa shape index (κ1) is 15.1. The lowest BCUT2D eigenvalue weighted by Gasteiger charge is -2.32. The number of thioether (sulfide) groups is 1. The van der Waals surface area contributed by atoms with Gasteiger partial charge in [0.15, 0.2) is 11.5 Å². The highest BCUT2D eigenvalue weighted by atomic mass is 32.2. The second kappa shape index (κ2) is 5.90. The van der Waals surface area contributed by atoms with Gasteiger partial charge in [0.1, 0.15) is 11.1 Å². The first-order chi connectivity index (χ1) is 11.7.